The van der Waals surface area contributed by atoms with Crippen LogP contribution < -0.4 is 4.74 Å². The maximum atomic E-state index is 13.3. The second-order valence-corrected chi connectivity index (χ2v) is 8.95. The third kappa shape index (κ3) is 7.31. The zero-order valence-electron chi connectivity index (χ0n) is 20.1. The van der Waals surface area contributed by atoms with Gasteiger partial charge in [-0.25, -0.2) is 0 Å². The largest absolute Gasteiger partial charge is 0.492 e. The number of carbonyl (C=O) groups is 1. The van der Waals surface area contributed by atoms with Crippen LogP contribution in [0.5, 0.6) is 5.75 Å². The van der Waals surface area contributed by atoms with E-state index in [2.05, 4.69) is 9.88 Å². The molecule has 2 heterocycles. The summed E-state index contributed by atoms with van der Waals surface area (Å²) in [5.74, 6) is 0.400. The van der Waals surface area contributed by atoms with Crippen molar-refractivity contribution in [3.05, 3.63) is 95.3 Å². The van der Waals surface area contributed by atoms with E-state index in [1.54, 1.807) is 17.2 Å². The molecule has 36 heavy (non-hydrogen) atoms. The average Bonchev–Trinajstić information content (AvgIpc) is 2.90. The van der Waals surface area contributed by atoms with Crippen molar-refractivity contribution >= 4 is 5.91 Å². The molecule has 0 N–H and O–H groups in total. The lowest BCUT2D eigenvalue weighted by Crippen LogP contribution is -2.33. The van der Waals surface area contributed by atoms with E-state index in [1.807, 2.05) is 36.4 Å². The fraction of sp³-hybridized carbons (Fsp3) is 0.357. The summed E-state index contributed by atoms with van der Waals surface area (Å²) in [6.07, 6.45) is 0.986. The highest BCUT2D eigenvalue weighted by Gasteiger charge is 2.30. The van der Waals surface area contributed by atoms with E-state index in [4.69, 9.17) is 4.74 Å². The number of alkyl halides is 3. The van der Waals surface area contributed by atoms with Gasteiger partial charge in [-0.3, -0.25) is 14.7 Å². The number of halogens is 3. The second-order valence-electron chi connectivity index (χ2n) is 8.95. The van der Waals surface area contributed by atoms with Crippen molar-refractivity contribution in [1.29, 1.82) is 0 Å². The van der Waals surface area contributed by atoms with Gasteiger partial charge in [-0.2, -0.15) is 13.2 Å². The number of pyridine rings is 1. The fourth-order valence-corrected chi connectivity index (χ4v) is 4.26. The lowest BCUT2D eigenvalue weighted by molar-refractivity contribution is -0.137. The van der Waals surface area contributed by atoms with E-state index in [0.717, 1.165) is 43.1 Å². The molecule has 0 bridgehead atoms. The number of rotatable bonds is 9. The van der Waals surface area contributed by atoms with Crippen LogP contribution in [0.4, 0.5) is 13.2 Å². The number of piperidine rings is 1. The number of benzene rings is 2. The van der Waals surface area contributed by atoms with Gasteiger partial charge in [0.2, 0.25) is 0 Å². The lowest BCUT2D eigenvalue weighted by Gasteiger charge is -2.26. The van der Waals surface area contributed by atoms with Gasteiger partial charge < -0.3 is 9.64 Å². The zero-order chi connectivity index (χ0) is 25.4. The molecule has 0 radical (unpaired) electrons. The van der Waals surface area contributed by atoms with Crippen LogP contribution in [0.1, 0.15) is 46.4 Å². The van der Waals surface area contributed by atoms with Crippen molar-refractivity contribution in [3.8, 4) is 5.75 Å². The molecule has 1 aliphatic rings. The van der Waals surface area contributed by atoms with E-state index in [-0.39, 0.29) is 24.6 Å². The van der Waals surface area contributed by atoms with Crippen molar-refractivity contribution in [2.24, 2.45) is 0 Å². The number of hydrogen-bond donors (Lipinski definition) is 0. The van der Waals surface area contributed by atoms with Crippen molar-refractivity contribution in [3.63, 3.8) is 0 Å². The van der Waals surface area contributed by atoms with Crippen LogP contribution in [0.2, 0.25) is 0 Å². The van der Waals surface area contributed by atoms with Gasteiger partial charge in [0.1, 0.15) is 12.4 Å². The first-order valence-electron chi connectivity index (χ1n) is 12.2. The van der Waals surface area contributed by atoms with Gasteiger partial charge in [0.05, 0.1) is 17.8 Å². The number of aromatic nitrogens is 1. The Bertz CT molecular complexity index is 1100. The first-order valence-corrected chi connectivity index (χ1v) is 12.2. The maximum absolute atomic E-state index is 13.3. The predicted octanol–water partition coefficient (Wildman–Crippen LogP) is 5.81. The SMILES string of the molecule is O=C(c1ccc(C(F)(F)F)cc1)N(Cc1ccc(OCCN2CCCCC2)cc1)Cc1ccccn1. The molecule has 3 aromatic rings. The van der Waals surface area contributed by atoms with Crippen LogP contribution in [0.3, 0.4) is 0 Å². The third-order valence-corrected chi connectivity index (χ3v) is 6.25. The molecule has 1 saturated heterocycles. The van der Waals surface area contributed by atoms with E-state index in [1.165, 1.54) is 31.4 Å². The van der Waals surface area contributed by atoms with Gasteiger partial charge in [-0.05, 0) is 80.0 Å². The van der Waals surface area contributed by atoms with Gasteiger partial charge in [-0.15, -0.1) is 0 Å². The minimum absolute atomic E-state index is 0.191. The summed E-state index contributed by atoms with van der Waals surface area (Å²) >= 11 is 0. The fourth-order valence-electron chi connectivity index (χ4n) is 4.26. The molecule has 1 amide bonds. The predicted molar refractivity (Wildman–Crippen MR) is 131 cm³/mol. The number of likely N-dealkylation sites (tertiary alicyclic amines) is 1. The molecule has 4 rings (SSSR count). The van der Waals surface area contributed by atoms with Crippen LogP contribution in [-0.2, 0) is 19.3 Å². The molecule has 1 fully saturated rings. The molecule has 0 spiro atoms. The van der Waals surface area contributed by atoms with Crippen LogP contribution in [0.15, 0.2) is 72.9 Å². The van der Waals surface area contributed by atoms with E-state index in [9.17, 15) is 18.0 Å². The Hall–Kier alpha value is -3.39. The number of ether oxygens (including phenoxy) is 1. The van der Waals surface area contributed by atoms with Gasteiger partial charge in [0.15, 0.2) is 0 Å². The molecule has 1 aliphatic heterocycles. The Morgan fingerprint density at radius 3 is 2.28 bits per heavy atom. The molecular formula is C28H30F3N3O2. The molecular weight excluding hydrogens is 467 g/mol. The van der Waals surface area contributed by atoms with Crippen LogP contribution in [0, 0.1) is 0 Å². The molecule has 190 valence electrons. The van der Waals surface area contributed by atoms with Crippen molar-refractivity contribution in [2.45, 2.75) is 38.5 Å². The van der Waals surface area contributed by atoms with Gasteiger partial charge in [-0.1, -0.05) is 24.6 Å². The molecule has 8 heteroatoms. The summed E-state index contributed by atoms with van der Waals surface area (Å²) in [5, 5.41) is 0. The van der Waals surface area contributed by atoms with Gasteiger partial charge in [0, 0.05) is 24.8 Å². The third-order valence-electron chi connectivity index (χ3n) is 6.25. The minimum atomic E-state index is -4.45. The number of carbonyl (C=O) groups excluding carboxylic acids is 1. The Balaban J connectivity index is 1.42. The van der Waals surface area contributed by atoms with Crippen molar-refractivity contribution < 1.29 is 22.7 Å². The Morgan fingerprint density at radius 1 is 0.917 bits per heavy atom. The zero-order valence-corrected chi connectivity index (χ0v) is 20.1. The molecule has 0 unspecified atom stereocenters. The number of amides is 1. The molecule has 5 nitrogen and oxygen atoms in total. The van der Waals surface area contributed by atoms with Crippen molar-refractivity contribution in [1.82, 2.24) is 14.8 Å². The topological polar surface area (TPSA) is 45.7 Å². The minimum Gasteiger partial charge on any atom is -0.492 e. The maximum Gasteiger partial charge on any atom is 0.416 e. The Labute approximate surface area is 209 Å². The summed E-state index contributed by atoms with van der Waals surface area (Å²) in [7, 11) is 0. The van der Waals surface area contributed by atoms with Crippen LogP contribution in [-0.4, -0.2) is 46.9 Å². The molecule has 0 saturated carbocycles. The molecule has 0 aliphatic carbocycles. The normalized spacial score (nSPS) is 14.4. The number of hydrogen-bond acceptors (Lipinski definition) is 4. The first-order chi connectivity index (χ1) is 17.4. The smallest absolute Gasteiger partial charge is 0.416 e. The summed E-state index contributed by atoms with van der Waals surface area (Å²) in [6.45, 7) is 4.29. The molecule has 1 aromatic heterocycles. The van der Waals surface area contributed by atoms with Crippen LogP contribution in [0.25, 0.3) is 0 Å². The highest BCUT2D eigenvalue weighted by molar-refractivity contribution is 5.94. The highest BCUT2D eigenvalue weighted by atomic mass is 19.4. The van der Waals surface area contributed by atoms with Gasteiger partial charge >= 0.3 is 6.18 Å². The van der Waals surface area contributed by atoms with E-state index in [0.29, 0.717) is 12.3 Å². The first kappa shape index (κ1) is 25.7. The Kier molecular flexibility index (Phi) is 8.59. The van der Waals surface area contributed by atoms with E-state index >= 15 is 0 Å². The standard InChI is InChI=1S/C28H30F3N3O2/c29-28(30,31)24-11-9-23(10-12-24)27(35)34(21-25-6-2-3-15-32-25)20-22-7-13-26(14-8-22)36-19-18-33-16-4-1-5-17-33/h2-3,6-15H,1,4-5,16-21H2. The number of nitrogens with zero attached hydrogens (tertiary/aromatic N) is 3. The summed E-state index contributed by atoms with van der Waals surface area (Å²) in [6, 6.07) is 17.3. The summed E-state index contributed by atoms with van der Waals surface area (Å²) in [4.78, 5) is 21.6. The second kappa shape index (κ2) is 12.0. The highest BCUT2D eigenvalue weighted by Crippen LogP contribution is 2.29. The molecule has 2 aromatic carbocycles. The monoisotopic (exact) mass is 497 g/mol. The average molecular weight is 498 g/mol. The quantitative estimate of drug-likeness (QED) is 0.375. The van der Waals surface area contributed by atoms with Crippen LogP contribution >= 0.6 is 0 Å². The summed E-state index contributed by atoms with van der Waals surface area (Å²) in [5.41, 5.74) is 0.979. The van der Waals surface area contributed by atoms with Crippen molar-refractivity contribution in [2.75, 3.05) is 26.2 Å². The van der Waals surface area contributed by atoms with E-state index < -0.39 is 11.7 Å². The summed E-state index contributed by atoms with van der Waals surface area (Å²) < 4.78 is 44.7. The Morgan fingerprint density at radius 2 is 1.64 bits per heavy atom. The lowest BCUT2D eigenvalue weighted by atomic mass is 10.1. The molecule has 0 atom stereocenters. The van der Waals surface area contributed by atoms with Gasteiger partial charge in [0.25, 0.3) is 5.91 Å².